The SMILES string of the molecule is CCN(CC(=O)Nc1cc(-c2ccccc2)nn1-c1ccc(Cl)c(Cl)c1)C(=O)Nc1ccccc1OC. The fourth-order valence-corrected chi connectivity index (χ4v) is 3.95. The molecule has 2 N–H and O–H groups in total. The minimum Gasteiger partial charge on any atom is -0.495 e. The summed E-state index contributed by atoms with van der Waals surface area (Å²) in [5, 5.41) is 11.1. The number of benzene rings is 3. The minimum absolute atomic E-state index is 0.176. The van der Waals surface area contributed by atoms with Gasteiger partial charge in [0.05, 0.1) is 34.2 Å². The van der Waals surface area contributed by atoms with Gasteiger partial charge in [-0.1, -0.05) is 65.7 Å². The lowest BCUT2D eigenvalue weighted by Gasteiger charge is -2.21. The summed E-state index contributed by atoms with van der Waals surface area (Å²) in [5.74, 6) is 0.552. The van der Waals surface area contributed by atoms with Gasteiger partial charge >= 0.3 is 6.03 Å². The molecule has 37 heavy (non-hydrogen) atoms. The Morgan fingerprint density at radius 2 is 1.68 bits per heavy atom. The second-order valence-corrected chi connectivity index (χ2v) is 8.80. The lowest BCUT2D eigenvalue weighted by atomic mass is 10.1. The number of ether oxygens (including phenoxy) is 1. The van der Waals surface area contributed by atoms with E-state index in [1.54, 1.807) is 60.1 Å². The number of carbonyl (C=O) groups is 2. The highest BCUT2D eigenvalue weighted by molar-refractivity contribution is 6.42. The molecule has 10 heteroatoms. The summed E-state index contributed by atoms with van der Waals surface area (Å²) < 4.78 is 6.87. The Bertz CT molecular complexity index is 1410. The van der Waals surface area contributed by atoms with Crippen LogP contribution in [0.25, 0.3) is 16.9 Å². The lowest BCUT2D eigenvalue weighted by Crippen LogP contribution is -2.40. The molecule has 0 fully saturated rings. The van der Waals surface area contributed by atoms with Gasteiger partial charge in [0.2, 0.25) is 5.91 Å². The first-order chi connectivity index (χ1) is 17.9. The van der Waals surface area contributed by atoms with Crippen molar-refractivity contribution in [2.45, 2.75) is 6.92 Å². The standard InChI is InChI=1S/C27H25Cl2N5O3/c1-3-33(27(36)30-22-11-7-8-12-24(22)37-2)17-26(35)31-25-16-23(18-9-5-4-6-10-18)32-34(25)19-13-14-20(28)21(29)15-19/h4-16H,3,17H2,1-2H3,(H,30,36)(H,31,35). The Kier molecular flexibility index (Phi) is 8.32. The quantitative estimate of drug-likeness (QED) is 0.274. The number of amides is 3. The van der Waals surface area contributed by atoms with E-state index in [2.05, 4.69) is 15.7 Å². The second kappa shape index (κ2) is 11.8. The van der Waals surface area contributed by atoms with Crippen LogP contribution in [0.2, 0.25) is 10.0 Å². The molecule has 0 spiro atoms. The molecule has 0 atom stereocenters. The minimum atomic E-state index is -0.426. The number of likely N-dealkylation sites (N-methyl/N-ethyl adjacent to an activating group) is 1. The van der Waals surface area contributed by atoms with Crippen LogP contribution in [0, 0.1) is 0 Å². The number of carbonyl (C=O) groups excluding carboxylic acids is 2. The van der Waals surface area contributed by atoms with Crippen molar-refractivity contribution in [3.05, 3.63) is 88.9 Å². The molecule has 0 aliphatic carbocycles. The van der Waals surface area contributed by atoms with E-state index in [0.29, 0.717) is 45.2 Å². The van der Waals surface area contributed by atoms with Gasteiger partial charge in [-0.25, -0.2) is 9.48 Å². The number of methoxy groups -OCH3 is 1. The number of aromatic nitrogens is 2. The van der Waals surface area contributed by atoms with Crippen molar-refractivity contribution in [3.8, 4) is 22.7 Å². The summed E-state index contributed by atoms with van der Waals surface area (Å²) >= 11 is 12.3. The number of nitrogens with zero attached hydrogens (tertiary/aromatic N) is 3. The van der Waals surface area contributed by atoms with E-state index in [9.17, 15) is 9.59 Å². The van der Waals surface area contributed by atoms with Gasteiger partial charge < -0.3 is 20.3 Å². The first kappa shape index (κ1) is 26.1. The Morgan fingerprint density at radius 3 is 2.38 bits per heavy atom. The van der Waals surface area contributed by atoms with Crippen LogP contribution in [0.3, 0.4) is 0 Å². The van der Waals surface area contributed by atoms with E-state index in [-0.39, 0.29) is 6.54 Å². The van der Waals surface area contributed by atoms with Crippen molar-refractivity contribution in [3.63, 3.8) is 0 Å². The monoisotopic (exact) mass is 537 g/mol. The number of para-hydroxylation sites is 2. The van der Waals surface area contributed by atoms with Crippen LogP contribution in [-0.4, -0.2) is 46.8 Å². The Morgan fingerprint density at radius 1 is 0.946 bits per heavy atom. The van der Waals surface area contributed by atoms with Crippen LogP contribution in [0.5, 0.6) is 5.75 Å². The van der Waals surface area contributed by atoms with Gasteiger partial charge in [-0.05, 0) is 37.3 Å². The molecule has 0 saturated carbocycles. The molecule has 8 nitrogen and oxygen atoms in total. The van der Waals surface area contributed by atoms with Crippen molar-refractivity contribution in [1.82, 2.24) is 14.7 Å². The maximum absolute atomic E-state index is 13.1. The lowest BCUT2D eigenvalue weighted by molar-refractivity contribution is -0.116. The summed E-state index contributed by atoms with van der Waals surface area (Å²) in [4.78, 5) is 27.3. The molecule has 1 heterocycles. The van der Waals surface area contributed by atoms with E-state index < -0.39 is 11.9 Å². The molecule has 1 aromatic heterocycles. The van der Waals surface area contributed by atoms with E-state index in [1.807, 2.05) is 30.3 Å². The van der Waals surface area contributed by atoms with Gasteiger partial charge in [0, 0.05) is 18.2 Å². The van der Waals surface area contributed by atoms with Crippen LogP contribution in [0.15, 0.2) is 78.9 Å². The number of hydrogen-bond donors (Lipinski definition) is 2. The zero-order chi connectivity index (χ0) is 26.4. The maximum Gasteiger partial charge on any atom is 0.322 e. The van der Waals surface area contributed by atoms with Crippen molar-refractivity contribution in [2.24, 2.45) is 0 Å². The van der Waals surface area contributed by atoms with Crippen LogP contribution in [0.1, 0.15) is 6.92 Å². The number of urea groups is 1. The molecule has 4 rings (SSSR count). The largest absolute Gasteiger partial charge is 0.495 e. The number of nitrogens with one attached hydrogen (secondary N) is 2. The number of halogens is 2. The third-order valence-electron chi connectivity index (χ3n) is 5.55. The average Bonchev–Trinajstić information content (AvgIpc) is 3.33. The van der Waals surface area contributed by atoms with E-state index in [0.717, 1.165) is 5.56 Å². The van der Waals surface area contributed by atoms with Crippen LogP contribution < -0.4 is 15.4 Å². The van der Waals surface area contributed by atoms with Gasteiger partial charge in [-0.15, -0.1) is 0 Å². The molecule has 4 aromatic rings. The van der Waals surface area contributed by atoms with E-state index >= 15 is 0 Å². The van der Waals surface area contributed by atoms with Gasteiger partial charge in [0.25, 0.3) is 0 Å². The molecular formula is C27H25Cl2N5O3. The summed E-state index contributed by atoms with van der Waals surface area (Å²) in [6.45, 7) is 1.93. The Labute approximate surface area is 224 Å². The fraction of sp³-hybridized carbons (Fsp3) is 0.148. The zero-order valence-electron chi connectivity index (χ0n) is 20.2. The van der Waals surface area contributed by atoms with Gasteiger partial charge in [0.15, 0.2) is 0 Å². The maximum atomic E-state index is 13.1. The Hall–Kier alpha value is -4.01. The van der Waals surface area contributed by atoms with Crippen LogP contribution in [-0.2, 0) is 4.79 Å². The third kappa shape index (κ3) is 6.22. The molecule has 190 valence electrons. The van der Waals surface area contributed by atoms with Crippen LogP contribution in [0.4, 0.5) is 16.3 Å². The van der Waals surface area contributed by atoms with Crippen molar-refractivity contribution < 1.29 is 14.3 Å². The van der Waals surface area contributed by atoms with Gasteiger partial charge in [-0.3, -0.25) is 4.79 Å². The molecule has 0 radical (unpaired) electrons. The smallest absolute Gasteiger partial charge is 0.322 e. The summed E-state index contributed by atoms with van der Waals surface area (Å²) in [7, 11) is 1.52. The molecule has 0 saturated heterocycles. The number of rotatable bonds is 8. The highest BCUT2D eigenvalue weighted by Crippen LogP contribution is 2.29. The zero-order valence-corrected chi connectivity index (χ0v) is 21.8. The first-order valence-electron chi connectivity index (χ1n) is 11.5. The fourth-order valence-electron chi connectivity index (χ4n) is 3.66. The van der Waals surface area contributed by atoms with E-state index in [1.165, 1.54) is 12.0 Å². The summed E-state index contributed by atoms with van der Waals surface area (Å²) in [6, 6.07) is 23.1. The van der Waals surface area contributed by atoms with Crippen LogP contribution >= 0.6 is 23.2 Å². The molecule has 0 aliphatic heterocycles. The van der Waals surface area contributed by atoms with Gasteiger partial charge in [0.1, 0.15) is 18.1 Å². The van der Waals surface area contributed by atoms with E-state index in [4.69, 9.17) is 27.9 Å². The predicted octanol–water partition coefficient (Wildman–Crippen LogP) is 6.35. The van der Waals surface area contributed by atoms with Gasteiger partial charge in [-0.2, -0.15) is 5.10 Å². The second-order valence-electron chi connectivity index (χ2n) is 7.98. The molecule has 0 aliphatic rings. The van der Waals surface area contributed by atoms with Crippen molar-refractivity contribution >= 4 is 46.6 Å². The predicted molar refractivity (Wildman–Crippen MR) is 147 cm³/mol. The topological polar surface area (TPSA) is 88.5 Å². The number of anilines is 2. The molecular weight excluding hydrogens is 513 g/mol. The number of hydrogen-bond acceptors (Lipinski definition) is 4. The highest BCUT2D eigenvalue weighted by atomic mass is 35.5. The van der Waals surface area contributed by atoms with Crippen molar-refractivity contribution in [1.29, 1.82) is 0 Å². The van der Waals surface area contributed by atoms with Crippen molar-refractivity contribution in [2.75, 3.05) is 30.8 Å². The molecule has 3 amide bonds. The Balaban J connectivity index is 1.56. The summed E-state index contributed by atoms with van der Waals surface area (Å²) in [6.07, 6.45) is 0. The molecule has 0 unspecified atom stereocenters. The average molecular weight is 538 g/mol. The normalized spacial score (nSPS) is 10.6. The highest BCUT2D eigenvalue weighted by Gasteiger charge is 2.20. The summed E-state index contributed by atoms with van der Waals surface area (Å²) in [5.41, 5.74) is 2.67. The molecule has 3 aromatic carbocycles. The molecule has 0 bridgehead atoms. The first-order valence-corrected chi connectivity index (χ1v) is 12.2. The third-order valence-corrected chi connectivity index (χ3v) is 6.29.